The molecule has 0 aliphatic rings. The topological polar surface area (TPSA) is 101 Å². The number of benzene rings is 1. The van der Waals surface area contributed by atoms with Gasteiger partial charge in [-0.05, 0) is 26.0 Å². The number of nitrogen functional groups attached to an aromatic ring is 1. The van der Waals surface area contributed by atoms with E-state index in [2.05, 4.69) is 15.3 Å². The number of hydrogen-bond donors (Lipinski definition) is 2. The van der Waals surface area contributed by atoms with Crippen molar-refractivity contribution in [2.45, 2.75) is 19.0 Å². The number of likely N-dealkylation sites (N-methyl/N-ethyl adjacent to an activating group) is 1. The van der Waals surface area contributed by atoms with E-state index in [-0.39, 0.29) is 24.1 Å². The smallest absolute Gasteiger partial charge is 0.243 e. The van der Waals surface area contributed by atoms with E-state index in [1.54, 1.807) is 13.1 Å². The van der Waals surface area contributed by atoms with Crippen molar-refractivity contribution in [3.05, 3.63) is 41.6 Å². The van der Waals surface area contributed by atoms with Gasteiger partial charge in [0, 0.05) is 24.5 Å². The van der Waals surface area contributed by atoms with Gasteiger partial charge >= 0.3 is 0 Å². The van der Waals surface area contributed by atoms with E-state index >= 15 is 0 Å². The van der Waals surface area contributed by atoms with E-state index in [0.717, 1.165) is 11.3 Å². The molecule has 1 aromatic heterocycles. The Morgan fingerprint density at radius 2 is 1.88 bits per heavy atom. The number of carbonyl (C=O) groups excluding carboxylic acids is 2. The molecule has 0 fully saturated rings. The van der Waals surface area contributed by atoms with Crippen LogP contribution in [0.5, 0.6) is 0 Å². The number of anilines is 2. The molecule has 3 N–H and O–H groups in total. The number of nitrogens with zero attached hydrogens (tertiary/aromatic N) is 3. The molecule has 0 atom stereocenters. The summed E-state index contributed by atoms with van der Waals surface area (Å²) in [5.74, 6) is 0.0683. The molecule has 0 saturated carbocycles. The van der Waals surface area contributed by atoms with Gasteiger partial charge in [-0.15, -0.1) is 0 Å². The lowest BCUT2D eigenvalue weighted by Crippen LogP contribution is -2.36. The Balaban J connectivity index is 1.82. The molecule has 2 aromatic rings. The van der Waals surface area contributed by atoms with Crippen LogP contribution in [0.15, 0.2) is 35.5 Å². The van der Waals surface area contributed by atoms with Crippen molar-refractivity contribution in [3.63, 3.8) is 0 Å². The van der Waals surface area contributed by atoms with Crippen molar-refractivity contribution in [2.24, 2.45) is 0 Å². The summed E-state index contributed by atoms with van der Waals surface area (Å²) in [6, 6.07) is 9.13. The summed E-state index contributed by atoms with van der Waals surface area (Å²) in [5, 5.41) is 3.21. The van der Waals surface area contributed by atoms with E-state index < -0.39 is 0 Å². The summed E-state index contributed by atoms with van der Waals surface area (Å²) in [4.78, 5) is 33.8. The Bertz CT molecular complexity index is 744. The van der Waals surface area contributed by atoms with Crippen molar-refractivity contribution < 1.29 is 9.59 Å². The first-order valence-electron chi connectivity index (χ1n) is 7.68. The minimum Gasteiger partial charge on any atom is -0.384 e. The number of aryl methyl sites for hydroxylation is 2. The molecule has 0 unspecified atom stereocenters. The van der Waals surface area contributed by atoms with Crippen molar-refractivity contribution in [1.82, 2.24) is 14.9 Å². The van der Waals surface area contributed by atoms with Crippen LogP contribution >= 0.6 is 11.8 Å². The van der Waals surface area contributed by atoms with Gasteiger partial charge in [-0.25, -0.2) is 9.97 Å². The zero-order valence-corrected chi connectivity index (χ0v) is 15.3. The normalized spacial score (nSPS) is 10.4. The molecule has 0 radical (unpaired) electrons. The summed E-state index contributed by atoms with van der Waals surface area (Å²) in [7, 11) is 1.59. The van der Waals surface area contributed by atoms with Crippen LogP contribution in [-0.2, 0) is 9.59 Å². The minimum absolute atomic E-state index is 0.0237. The van der Waals surface area contributed by atoms with E-state index in [1.807, 2.05) is 38.1 Å². The molecule has 2 rings (SSSR count). The fourth-order valence-corrected chi connectivity index (χ4v) is 2.86. The number of carbonyl (C=O) groups is 2. The molecule has 0 aliphatic heterocycles. The van der Waals surface area contributed by atoms with Gasteiger partial charge in [0.25, 0.3) is 0 Å². The highest BCUT2D eigenvalue weighted by molar-refractivity contribution is 7.99. The zero-order chi connectivity index (χ0) is 18.4. The SMILES string of the molecule is Cc1ccc(NC(=O)CN(C)C(=O)CSc2nc(C)cc(N)n2)cc1. The van der Waals surface area contributed by atoms with Crippen LogP contribution in [0.4, 0.5) is 11.5 Å². The molecule has 0 aliphatic carbocycles. The van der Waals surface area contributed by atoms with Crippen LogP contribution in [-0.4, -0.2) is 46.0 Å². The predicted octanol–water partition coefficient (Wildman–Crippen LogP) is 1.86. The predicted molar refractivity (Wildman–Crippen MR) is 99.4 cm³/mol. The Hall–Kier alpha value is -2.61. The van der Waals surface area contributed by atoms with Crippen LogP contribution in [0.1, 0.15) is 11.3 Å². The molecule has 0 bridgehead atoms. The van der Waals surface area contributed by atoms with Crippen LogP contribution in [0, 0.1) is 13.8 Å². The lowest BCUT2D eigenvalue weighted by atomic mass is 10.2. The quantitative estimate of drug-likeness (QED) is 0.603. The standard InChI is InChI=1S/C17H21N5O2S/c1-11-4-6-13(7-5-11)20-15(23)9-22(3)16(24)10-25-17-19-12(2)8-14(18)21-17/h4-8H,9-10H2,1-3H3,(H,20,23)(H2,18,19,21). The van der Waals surface area contributed by atoms with Crippen molar-refractivity contribution in [2.75, 3.05) is 30.4 Å². The molecule has 0 spiro atoms. The first-order valence-corrected chi connectivity index (χ1v) is 8.66. The maximum atomic E-state index is 12.2. The molecule has 132 valence electrons. The lowest BCUT2D eigenvalue weighted by molar-refractivity contribution is -0.131. The molecule has 2 amide bonds. The Labute approximate surface area is 151 Å². The van der Waals surface area contributed by atoms with Gasteiger partial charge in [0.05, 0.1) is 12.3 Å². The van der Waals surface area contributed by atoms with Crippen LogP contribution in [0.3, 0.4) is 0 Å². The highest BCUT2D eigenvalue weighted by atomic mass is 32.2. The molecule has 1 aromatic carbocycles. The van der Waals surface area contributed by atoms with E-state index in [0.29, 0.717) is 16.7 Å². The highest BCUT2D eigenvalue weighted by Crippen LogP contribution is 2.15. The second kappa shape index (κ2) is 8.48. The summed E-state index contributed by atoms with van der Waals surface area (Å²) >= 11 is 1.19. The molecule has 0 saturated heterocycles. The number of nitrogens with one attached hydrogen (secondary N) is 1. The number of amides is 2. The van der Waals surface area contributed by atoms with Crippen LogP contribution in [0.25, 0.3) is 0 Å². The number of nitrogens with two attached hydrogens (primary N) is 1. The molecule has 8 heteroatoms. The van der Waals surface area contributed by atoms with E-state index in [1.165, 1.54) is 16.7 Å². The number of aromatic nitrogens is 2. The van der Waals surface area contributed by atoms with Gasteiger partial charge in [-0.2, -0.15) is 0 Å². The average molecular weight is 359 g/mol. The minimum atomic E-state index is -0.249. The van der Waals surface area contributed by atoms with Crippen molar-refractivity contribution >= 4 is 35.1 Å². The lowest BCUT2D eigenvalue weighted by Gasteiger charge is -2.16. The largest absolute Gasteiger partial charge is 0.384 e. The van der Waals surface area contributed by atoms with Crippen molar-refractivity contribution in [3.8, 4) is 0 Å². The van der Waals surface area contributed by atoms with Gasteiger partial charge in [-0.3, -0.25) is 9.59 Å². The zero-order valence-electron chi connectivity index (χ0n) is 14.4. The fraction of sp³-hybridized carbons (Fsp3) is 0.294. The third kappa shape index (κ3) is 6.07. The number of rotatable bonds is 6. The molecule has 25 heavy (non-hydrogen) atoms. The van der Waals surface area contributed by atoms with Gasteiger partial charge < -0.3 is 16.0 Å². The molecule has 1 heterocycles. The van der Waals surface area contributed by atoms with Gasteiger partial charge in [-0.1, -0.05) is 29.5 Å². The highest BCUT2D eigenvalue weighted by Gasteiger charge is 2.14. The van der Waals surface area contributed by atoms with E-state index in [4.69, 9.17) is 5.73 Å². The third-order valence-corrected chi connectivity index (χ3v) is 4.15. The Morgan fingerprint density at radius 1 is 1.20 bits per heavy atom. The van der Waals surface area contributed by atoms with Gasteiger partial charge in [0.15, 0.2) is 5.16 Å². The summed E-state index contributed by atoms with van der Waals surface area (Å²) < 4.78 is 0. The molecular weight excluding hydrogens is 338 g/mol. The first kappa shape index (κ1) is 18.7. The van der Waals surface area contributed by atoms with E-state index in [9.17, 15) is 9.59 Å². The Kier molecular flexibility index (Phi) is 6.35. The van der Waals surface area contributed by atoms with Gasteiger partial charge in [0.2, 0.25) is 11.8 Å². The molecule has 7 nitrogen and oxygen atoms in total. The summed E-state index contributed by atoms with van der Waals surface area (Å²) in [5.41, 5.74) is 8.22. The van der Waals surface area contributed by atoms with Crippen molar-refractivity contribution in [1.29, 1.82) is 0 Å². The summed E-state index contributed by atoms with van der Waals surface area (Å²) in [6.07, 6.45) is 0. The number of thioether (sulfide) groups is 1. The summed E-state index contributed by atoms with van der Waals surface area (Å²) in [6.45, 7) is 3.76. The van der Waals surface area contributed by atoms with Crippen LogP contribution in [0.2, 0.25) is 0 Å². The van der Waals surface area contributed by atoms with Crippen LogP contribution < -0.4 is 11.1 Å². The Morgan fingerprint density at radius 3 is 2.52 bits per heavy atom. The molecular formula is C17H21N5O2S. The first-order chi connectivity index (χ1) is 11.8. The monoisotopic (exact) mass is 359 g/mol. The van der Waals surface area contributed by atoms with Gasteiger partial charge in [0.1, 0.15) is 5.82 Å². The number of hydrogen-bond acceptors (Lipinski definition) is 6. The average Bonchev–Trinajstić information content (AvgIpc) is 2.53. The fourth-order valence-electron chi connectivity index (χ4n) is 2.01. The second-order valence-electron chi connectivity index (χ2n) is 5.67. The third-order valence-electron chi connectivity index (χ3n) is 3.32. The second-order valence-corrected chi connectivity index (χ2v) is 6.61. The maximum Gasteiger partial charge on any atom is 0.243 e. The maximum absolute atomic E-state index is 12.2.